The molecule has 5 nitrogen and oxygen atoms in total. The van der Waals surface area contributed by atoms with Crippen LogP contribution in [-0.2, 0) is 4.79 Å². The van der Waals surface area contributed by atoms with Crippen molar-refractivity contribution in [2.45, 2.75) is 6.92 Å². The number of piperazine rings is 1. The van der Waals surface area contributed by atoms with E-state index < -0.39 is 0 Å². The zero-order valence-corrected chi connectivity index (χ0v) is 13.7. The smallest absolute Gasteiger partial charge is 0.247 e. The molecule has 0 spiro atoms. The summed E-state index contributed by atoms with van der Waals surface area (Å²) in [5.41, 5.74) is 2.88. The molecule has 0 aliphatic carbocycles. The maximum atomic E-state index is 11.4. The number of carbonyl (C=O) groups is 1. The maximum Gasteiger partial charge on any atom is 0.247 e. The van der Waals surface area contributed by atoms with Crippen LogP contribution in [0.3, 0.4) is 0 Å². The van der Waals surface area contributed by atoms with Crippen molar-refractivity contribution < 1.29 is 4.79 Å². The Kier molecular flexibility index (Phi) is 4.30. The lowest BCUT2D eigenvalue weighted by Gasteiger charge is -2.33. The Morgan fingerprint density at radius 3 is 2.70 bits per heavy atom. The minimum absolute atomic E-state index is 0.205. The van der Waals surface area contributed by atoms with Crippen molar-refractivity contribution in [1.82, 2.24) is 9.88 Å². The standard InChI is InChI=1S/C18H22N4O/c1-4-18(23)19-14-5-6-16-15(12-14)13(2)11-17(20-16)22-9-7-21(3)8-10-22/h4-6,11-12H,1,7-10H2,2-3H3,(H,19,23). The third-order valence-electron chi connectivity index (χ3n) is 4.28. The Balaban J connectivity index is 1.91. The molecule has 0 bridgehead atoms. The van der Waals surface area contributed by atoms with Crippen molar-refractivity contribution in [2.24, 2.45) is 0 Å². The number of fused-ring (bicyclic) bond motifs is 1. The Morgan fingerprint density at radius 1 is 1.26 bits per heavy atom. The fraction of sp³-hybridized carbons (Fsp3) is 0.333. The van der Waals surface area contributed by atoms with Crippen LogP contribution in [0.1, 0.15) is 5.56 Å². The summed E-state index contributed by atoms with van der Waals surface area (Å²) in [6, 6.07) is 7.93. The SMILES string of the molecule is C=CC(=O)Nc1ccc2nc(N3CCN(C)CC3)cc(C)c2c1. The fourth-order valence-corrected chi connectivity index (χ4v) is 2.85. The number of amides is 1. The van der Waals surface area contributed by atoms with Gasteiger partial charge >= 0.3 is 0 Å². The molecule has 1 aliphatic heterocycles. The molecule has 5 heteroatoms. The number of benzene rings is 1. The second-order valence-electron chi connectivity index (χ2n) is 6.01. The Hall–Kier alpha value is -2.40. The number of hydrogen-bond acceptors (Lipinski definition) is 4. The van der Waals surface area contributed by atoms with Gasteiger partial charge in [-0.25, -0.2) is 4.98 Å². The quantitative estimate of drug-likeness (QED) is 0.885. The van der Waals surface area contributed by atoms with Crippen molar-refractivity contribution in [3.8, 4) is 0 Å². The van der Waals surface area contributed by atoms with Crippen LogP contribution in [0.15, 0.2) is 36.9 Å². The van der Waals surface area contributed by atoms with Gasteiger partial charge in [-0.2, -0.15) is 0 Å². The van der Waals surface area contributed by atoms with Gasteiger partial charge in [0.15, 0.2) is 0 Å². The molecule has 1 aromatic heterocycles. The van der Waals surface area contributed by atoms with E-state index in [0.29, 0.717) is 0 Å². The largest absolute Gasteiger partial charge is 0.354 e. The summed E-state index contributed by atoms with van der Waals surface area (Å²) in [7, 11) is 2.15. The van der Waals surface area contributed by atoms with E-state index in [-0.39, 0.29) is 5.91 Å². The van der Waals surface area contributed by atoms with Crippen LogP contribution < -0.4 is 10.2 Å². The maximum absolute atomic E-state index is 11.4. The molecular formula is C18H22N4O. The number of pyridine rings is 1. The summed E-state index contributed by atoms with van der Waals surface area (Å²) in [5.74, 6) is 0.829. The van der Waals surface area contributed by atoms with Crippen LogP contribution in [0.25, 0.3) is 10.9 Å². The zero-order valence-electron chi connectivity index (χ0n) is 13.7. The number of likely N-dealkylation sites (N-methyl/N-ethyl adjacent to an activating group) is 1. The normalized spacial score (nSPS) is 15.7. The minimum Gasteiger partial charge on any atom is -0.354 e. The average Bonchev–Trinajstić information content (AvgIpc) is 2.55. The zero-order chi connectivity index (χ0) is 16.4. The molecule has 1 saturated heterocycles. The van der Waals surface area contributed by atoms with Gasteiger partial charge in [-0.1, -0.05) is 6.58 Å². The number of aryl methyl sites for hydroxylation is 1. The Bertz CT molecular complexity index is 748. The summed E-state index contributed by atoms with van der Waals surface area (Å²) in [6.45, 7) is 9.68. The van der Waals surface area contributed by atoms with Gasteiger partial charge in [-0.15, -0.1) is 0 Å². The van der Waals surface area contributed by atoms with Crippen LogP contribution in [0.4, 0.5) is 11.5 Å². The van der Waals surface area contributed by atoms with Crippen molar-refractivity contribution in [3.05, 3.63) is 42.5 Å². The monoisotopic (exact) mass is 310 g/mol. The first-order valence-corrected chi connectivity index (χ1v) is 7.85. The summed E-state index contributed by atoms with van der Waals surface area (Å²) in [6.07, 6.45) is 1.27. The molecule has 2 aromatic rings. The number of rotatable bonds is 3. The number of anilines is 2. The molecule has 0 atom stereocenters. The van der Waals surface area contributed by atoms with E-state index in [1.54, 1.807) is 0 Å². The van der Waals surface area contributed by atoms with Crippen LogP contribution in [-0.4, -0.2) is 49.0 Å². The minimum atomic E-state index is -0.205. The highest BCUT2D eigenvalue weighted by atomic mass is 16.1. The summed E-state index contributed by atoms with van der Waals surface area (Å²) >= 11 is 0. The lowest BCUT2D eigenvalue weighted by atomic mass is 10.1. The van der Waals surface area contributed by atoms with Crippen molar-refractivity contribution in [2.75, 3.05) is 43.4 Å². The highest BCUT2D eigenvalue weighted by Gasteiger charge is 2.16. The summed E-state index contributed by atoms with van der Waals surface area (Å²) in [4.78, 5) is 20.9. The van der Waals surface area contributed by atoms with Crippen molar-refractivity contribution in [3.63, 3.8) is 0 Å². The molecule has 1 aromatic carbocycles. The molecule has 1 aliphatic rings. The highest BCUT2D eigenvalue weighted by Crippen LogP contribution is 2.25. The molecule has 2 heterocycles. The van der Waals surface area contributed by atoms with Crippen LogP contribution in [0.2, 0.25) is 0 Å². The number of nitrogens with zero attached hydrogens (tertiary/aromatic N) is 3. The van der Waals surface area contributed by atoms with Crippen molar-refractivity contribution >= 4 is 28.3 Å². The molecule has 3 rings (SSSR count). The lowest BCUT2D eigenvalue weighted by Crippen LogP contribution is -2.44. The van der Waals surface area contributed by atoms with Crippen LogP contribution in [0.5, 0.6) is 0 Å². The Labute approximate surface area is 136 Å². The van der Waals surface area contributed by atoms with E-state index in [0.717, 1.165) is 48.6 Å². The number of hydrogen-bond donors (Lipinski definition) is 1. The van der Waals surface area contributed by atoms with Gasteiger partial charge in [0.1, 0.15) is 5.82 Å². The van der Waals surface area contributed by atoms with E-state index in [9.17, 15) is 4.79 Å². The first-order valence-electron chi connectivity index (χ1n) is 7.85. The van der Waals surface area contributed by atoms with Gasteiger partial charge < -0.3 is 15.1 Å². The van der Waals surface area contributed by atoms with E-state index in [1.165, 1.54) is 11.6 Å². The first-order chi connectivity index (χ1) is 11.1. The lowest BCUT2D eigenvalue weighted by molar-refractivity contribution is -0.111. The topological polar surface area (TPSA) is 48.5 Å². The van der Waals surface area contributed by atoms with E-state index in [2.05, 4.69) is 41.7 Å². The molecule has 1 N–H and O–H groups in total. The Morgan fingerprint density at radius 2 is 2.00 bits per heavy atom. The van der Waals surface area contributed by atoms with E-state index in [4.69, 9.17) is 4.98 Å². The van der Waals surface area contributed by atoms with Crippen molar-refractivity contribution in [1.29, 1.82) is 0 Å². The van der Waals surface area contributed by atoms with Gasteiger partial charge in [0.2, 0.25) is 5.91 Å². The predicted octanol–water partition coefficient (Wildman–Crippen LogP) is 2.42. The molecule has 0 radical (unpaired) electrons. The molecule has 23 heavy (non-hydrogen) atoms. The van der Waals surface area contributed by atoms with E-state index in [1.807, 2.05) is 18.2 Å². The van der Waals surface area contributed by atoms with Gasteiger partial charge in [-0.3, -0.25) is 4.79 Å². The molecule has 1 amide bonds. The van der Waals surface area contributed by atoms with Gasteiger partial charge in [0, 0.05) is 37.3 Å². The first kappa shape index (κ1) is 15.5. The van der Waals surface area contributed by atoms with Crippen LogP contribution >= 0.6 is 0 Å². The molecule has 1 fully saturated rings. The second kappa shape index (κ2) is 6.38. The van der Waals surface area contributed by atoms with Gasteiger partial charge in [-0.05, 0) is 49.9 Å². The third kappa shape index (κ3) is 3.35. The fourth-order valence-electron chi connectivity index (χ4n) is 2.85. The summed E-state index contributed by atoms with van der Waals surface area (Å²) < 4.78 is 0. The molecule has 0 saturated carbocycles. The predicted molar refractivity (Wildman–Crippen MR) is 95.0 cm³/mol. The molecule has 0 unspecified atom stereocenters. The third-order valence-corrected chi connectivity index (χ3v) is 4.28. The highest BCUT2D eigenvalue weighted by molar-refractivity contribution is 6.00. The second-order valence-corrected chi connectivity index (χ2v) is 6.01. The van der Waals surface area contributed by atoms with Crippen LogP contribution in [0, 0.1) is 6.92 Å². The molecule has 120 valence electrons. The summed E-state index contributed by atoms with van der Waals surface area (Å²) in [5, 5.41) is 3.85. The van der Waals surface area contributed by atoms with Gasteiger partial charge in [0.05, 0.1) is 5.52 Å². The molecular weight excluding hydrogens is 288 g/mol. The number of carbonyl (C=O) groups excluding carboxylic acids is 1. The van der Waals surface area contributed by atoms with Gasteiger partial charge in [0.25, 0.3) is 0 Å². The number of nitrogens with one attached hydrogen (secondary N) is 1. The number of aromatic nitrogens is 1. The average molecular weight is 310 g/mol. The van der Waals surface area contributed by atoms with E-state index >= 15 is 0 Å².